The smallest absolute Gasteiger partial charge is 0.244 e. The maximum Gasteiger partial charge on any atom is 0.244 e. The Morgan fingerprint density at radius 2 is 2.19 bits per heavy atom. The fourth-order valence-electron chi connectivity index (χ4n) is 2.28. The monoisotopic (exact) mass is 331 g/mol. The number of benzene rings is 1. The number of rotatable bonds is 3. The summed E-state index contributed by atoms with van der Waals surface area (Å²) in [5, 5.41) is 2.85. The van der Waals surface area contributed by atoms with E-state index in [9.17, 15) is 17.6 Å². The molecular formula is C14H15ClFNO3S. The molecule has 1 aliphatic rings. The maximum absolute atomic E-state index is 13.5. The highest BCUT2D eigenvalue weighted by Crippen LogP contribution is 2.23. The summed E-state index contributed by atoms with van der Waals surface area (Å²) < 4.78 is 36.5. The molecule has 0 aromatic heterocycles. The van der Waals surface area contributed by atoms with E-state index in [1.54, 1.807) is 6.92 Å². The molecule has 1 fully saturated rings. The van der Waals surface area contributed by atoms with Crippen LogP contribution in [-0.4, -0.2) is 31.4 Å². The zero-order chi connectivity index (χ0) is 15.7. The molecule has 2 rings (SSSR count). The third kappa shape index (κ3) is 4.04. The molecule has 0 saturated carbocycles. The quantitative estimate of drug-likeness (QED) is 0.863. The van der Waals surface area contributed by atoms with Crippen LogP contribution >= 0.6 is 11.6 Å². The van der Waals surface area contributed by atoms with Gasteiger partial charge in [-0.25, -0.2) is 12.8 Å². The minimum atomic E-state index is -3.10. The topological polar surface area (TPSA) is 63.2 Å². The molecule has 0 aliphatic carbocycles. The van der Waals surface area contributed by atoms with Crippen molar-refractivity contribution < 1.29 is 17.6 Å². The molecule has 0 spiro atoms. The van der Waals surface area contributed by atoms with Gasteiger partial charge in [-0.05, 0) is 31.6 Å². The lowest BCUT2D eigenvalue weighted by Crippen LogP contribution is -2.46. The van der Waals surface area contributed by atoms with Gasteiger partial charge < -0.3 is 5.32 Å². The number of halogens is 2. The van der Waals surface area contributed by atoms with Gasteiger partial charge in [0, 0.05) is 11.6 Å². The number of sulfone groups is 1. The molecule has 0 bridgehead atoms. The van der Waals surface area contributed by atoms with Crippen LogP contribution in [0.5, 0.6) is 0 Å². The van der Waals surface area contributed by atoms with Gasteiger partial charge in [0.1, 0.15) is 5.82 Å². The van der Waals surface area contributed by atoms with Crippen LogP contribution in [0.25, 0.3) is 6.08 Å². The molecule has 4 nitrogen and oxygen atoms in total. The van der Waals surface area contributed by atoms with E-state index >= 15 is 0 Å². The number of carbonyl (C=O) groups excluding carboxylic acids is 1. The Labute approximate surface area is 127 Å². The van der Waals surface area contributed by atoms with E-state index in [0.29, 0.717) is 6.42 Å². The predicted octanol–water partition coefficient (Wildman–Crippen LogP) is 2.19. The molecule has 1 unspecified atom stereocenters. The highest BCUT2D eigenvalue weighted by Gasteiger charge is 2.39. The predicted molar refractivity (Wildman–Crippen MR) is 80.3 cm³/mol. The van der Waals surface area contributed by atoms with Crippen LogP contribution in [0.3, 0.4) is 0 Å². The van der Waals surface area contributed by atoms with Crippen LogP contribution in [-0.2, 0) is 14.6 Å². The molecule has 21 heavy (non-hydrogen) atoms. The first-order chi connectivity index (χ1) is 9.71. The van der Waals surface area contributed by atoms with Gasteiger partial charge in [-0.1, -0.05) is 17.7 Å². The van der Waals surface area contributed by atoms with Gasteiger partial charge in [0.15, 0.2) is 9.84 Å². The molecular weight excluding hydrogens is 317 g/mol. The summed E-state index contributed by atoms with van der Waals surface area (Å²) in [5.41, 5.74) is -0.655. The van der Waals surface area contributed by atoms with Gasteiger partial charge in [-0.15, -0.1) is 0 Å². The lowest BCUT2D eigenvalue weighted by atomic mass is 10.0. The van der Waals surface area contributed by atoms with Crippen molar-refractivity contribution in [3.8, 4) is 0 Å². The zero-order valence-corrected chi connectivity index (χ0v) is 13.0. The Morgan fingerprint density at radius 3 is 2.76 bits per heavy atom. The molecule has 1 aromatic rings. The van der Waals surface area contributed by atoms with Crippen LogP contribution in [0.15, 0.2) is 24.3 Å². The van der Waals surface area contributed by atoms with Crippen molar-refractivity contribution in [3.63, 3.8) is 0 Å². The van der Waals surface area contributed by atoms with Gasteiger partial charge >= 0.3 is 0 Å². The molecule has 1 N–H and O–H groups in total. The summed E-state index contributed by atoms with van der Waals surface area (Å²) >= 11 is 5.85. The fraction of sp³-hybridized carbons (Fsp3) is 0.357. The molecule has 1 amide bonds. The Bertz CT molecular complexity index is 682. The third-order valence-electron chi connectivity index (χ3n) is 3.33. The first-order valence-corrected chi connectivity index (χ1v) is 8.55. The van der Waals surface area contributed by atoms with Crippen LogP contribution in [0.1, 0.15) is 18.9 Å². The van der Waals surface area contributed by atoms with E-state index in [-0.39, 0.29) is 22.1 Å². The Morgan fingerprint density at radius 1 is 1.48 bits per heavy atom. The SMILES string of the molecule is CC1(NC(=O)C=Cc2c(F)cccc2Cl)CCS(=O)(=O)C1. The minimum Gasteiger partial charge on any atom is -0.346 e. The van der Waals surface area contributed by atoms with Crippen molar-refractivity contribution in [2.45, 2.75) is 18.9 Å². The average molecular weight is 332 g/mol. The van der Waals surface area contributed by atoms with Gasteiger partial charge in [0.05, 0.1) is 22.1 Å². The Hall–Kier alpha value is -1.40. The van der Waals surface area contributed by atoms with Gasteiger partial charge in [0.25, 0.3) is 0 Å². The summed E-state index contributed by atoms with van der Waals surface area (Å²) in [6, 6.07) is 4.24. The second kappa shape index (κ2) is 5.77. The first kappa shape index (κ1) is 16.0. The zero-order valence-electron chi connectivity index (χ0n) is 11.4. The fourth-order valence-corrected chi connectivity index (χ4v) is 4.60. The summed E-state index contributed by atoms with van der Waals surface area (Å²) in [6.45, 7) is 1.68. The Balaban J connectivity index is 2.07. The molecule has 7 heteroatoms. The third-order valence-corrected chi connectivity index (χ3v) is 5.56. The van der Waals surface area contributed by atoms with E-state index in [0.717, 1.165) is 6.08 Å². The molecule has 1 aromatic carbocycles. The van der Waals surface area contributed by atoms with Crippen molar-refractivity contribution in [1.29, 1.82) is 0 Å². The van der Waals surface area contributed by atoms with Crippen molar-refractivity contribution in [1.82, 2.24) is 5.32 Å². The van der Waals surface area contributed by atoms with Crippen LogP contribution in [0, 0.1) is 5.82 Å². The van der Waals surface area contributed by atoms with E-state index in [2.05, 4.69) is 5.32 Å². The lowest BCUT2D eigenvalue weighted by molar-refractivity contribution is -0.117. The maximum atomic E-state index is 13.5. The molecule has 1 atom stereocenters. The summed E-state index contributed by atoms with van der Waals surface area (Å²) in [7, 11) is -3.10. The van der Waals surface area contributed by atoms with Crippen molar-refractivity contribution in [2.75, 3.05) is 11.5 Å². The van der Waals surface area contributed by atoms with Gasteiger partial charge in [-0.3, -0.25) is 4.79 Å². The Kier molecular flexibility index (Phi) is 4.39. The van der Waals surface area contributed by atoms with Crippen LogP contribution < -0.4 is 5.32 Å². The van der Waals surface area contributed by atoms with Crippen LogP contribution in [0.2, 0.25) is 5.02 Å². The summed E-state index contributed by atoms with van der Waals surface area (Å²) in [5.74, 6) is -1.03. The molecule has 1 saturated heterocycles. The molecule has 0 radical (unpaired) electrons. The molecule has 1 aliphatic heterocycles. The number of amides is 1. The van der Waals surface area contributed by atoms with Crippen molar-refractivity contribution in [2.24, 2.45) is 0 Å². The highest BCUT2D eigenvalue weighted by atomic mass is 35.5. The van der Waals surface area contributed by atoms with E-state index < -0.39 is 27.1 Å². The van der Waals surface area contributed by atoms with E-state index in [1.807, 2.05) is 0 Å². The van der Waals surface area contributed by atoms with Gasteiger partial charge in [0.2, 0.25) is 5.91 Å². The number of nitrogens with one attached hydrogen (secondary N) is 1. The average Bonchev–Trinajstić information content (AvgIpc) is 2.62. The van der Waals surface area contributed by atoms with E-state index in [4.69, 9.17) is 11.6 Å². The highest BCUT2D eigenvalue weighted by molar-refractivity contribution is 7.91. The minimum absolute atomic E-state index is 0.0621. The first-order valence-electron chi connectivity index (χ1n) is 6.35. The second-order valence-corrected chi connectivity index (χ2v) is 7.95. The lowest BCUT2D eigenvalue weighted by Gasteiger charge is -2.22. The number of hydrogen-bond acceptors (Lipinski definition) is 3. The number of hydrogen-bond donors (Lipinski definition) is 1. The molecule has 114 valence electrons. The summed E-state index contributed by atoms with van der Waals surface area (Å²) in [6.07, 6.45) is 2.80. The summed E-state index contributed by atoms with van der Waals surface area (Å²) in [4.78, 5) is 11.9. The largest absolute Gasteiger partial charge is 0.346 e. The standard InChI is InChI=1S/C14H15ClFNO3S/c1-14(7-8-21(19,20)9-14)17-13(18)6-5-10-11(15)3-2-4-12(10)16/h2-6H,7-9H2,1H3,(H,17,18). The normalized spacial score (nSPS) is 24.3. The number of carbonyl (C=O) groups is 1. The van der Waals surface area contributed by atoms with Crippen molar-refractivity contribution >= 4 is 33.4 Å². The van der Waals surface area contributed by atoms with Gasteiger partial charge in [-0.2, -0.15) is 0 Å². The van der Waals surface area contributed by atoms with Crippen molar-refractivity contribution in [3.05, 3.63) is 40.7 Å². The van der Waals surface area contributed by atoms with Crippen LogP contribution in [0.4, 0.5) is 4.39 Å². The van der Waals surface area contributed by atoms with E-state index in [1.165, 1.54) is 24.3 Å². The molecule has 1 heterocycles. The second-order valence-electron chi connectivity index (χ2n) is 5.36.